The zero-order valence-electron chi connectivity index (χ0n) is 19.0. The molecule has 6 rings (SSSR count). The highest BCUT2D eigenvalue weighted by Crippen LogP contribution is 2.38. The summed E-state index contributed by atoms with van der Waals surface area (Å²) in [5.41, 5.74) is 4.08. The summed E-state index contributed by atoms with van der Waals surface area (Å²) in [7, 11) is 0. The number of aryl methyl sites for hydroxylation is 1. The largest absolute Gasteiger partial charge is 0.507 e. The van der Waals surface area contributed by atoms with Crippen LogP contribution in [0.2, 0.25) is 0 Å². The van der Waals surface area contributed by atoms with E-state index in [0.29, 0.717) is 29.2 Å². The van der Waals surface area contributed by atoms with Crippen molar-refractivity contribution in [3.8, 4) is 16.9 Å². The molecule has 2 atom stereocenters. The van der Waals surface area contributed by atoms with Gasteiger partial charge in [0.15, 0.2) is 0 Å². The summed E-state index contributed by atoms with van der Waals surface area (Å²) in [4.78, 5) is 27.7. The lowest BCUT2D eigenvalue weighted by Gasteiger charge is -2.42. The first kappa shape index (κ1) is 20.9. The summed E-state index contributed by atoms with van der Waals surface area (Å²) >= 11 is 0. The van der Waals surface area contributed by atoms with E-state index in [0.717, 1.165) is 48.3 Å². The molecule has 2 bridgehead atoms. The van der Waals surface area contributed by atoms with Crippen molar-refractivity contribution in [1.29, 1.82) is 0 Å². The average Bonchev–Trinajstić information content (AvgIpc) is 2.82. The number of hydrogen-bond acceptors (Lipinski definition) is 5. The van der Waals surface area contributed by atoms with Crippen molar-refractivity contribution in [1.82, 2.24) is 9.47 Å². The van der Waals surface area contributed by atoms with Crippen LogP contribution in [-0.4, -0.2) is 27.7 Å². The minimum absolute atomic E-state index is 0.0684. The molecule has 0 spiro atoms. The van der Waals surface area contributed by atoms with E-state index in [2.05, 4.69) is 11.0 Å². The maximum atomic E-state index is 13.0. The number of nitrogens with zero attached hydrogens (tertiary/aromatic N) is 2. The average molecular weight is 455 g/mol. The Balaban J connectivity index is 1.39. The van der Waals surface area contributed by atoms with Crippen LogP contribution >= 0.6 is 0 Å². The highest BCUT2D eigenvalue weighted by Gasteiger charge is 2.35. The van der Waals surface area contributed by atoms with E-state index in [9.17, 15) is 14.7 Å². The van der Waals surface area contributed by atoms with Gasteiger partial charge in [-0.05, 0) is 48.6 Å². The number of pyridine rings is 1. The molecule has 6 heteroatoms. The molecule has 1 saturated heterocycles. The molecule has 0 amide bonds. The number of aromatic hydroxyl groups is 1. The Labute approximate surface area is 196 Å². The lowest BCUT2D eigenvalue weighted by Crippen LogP contribution is -2.46. The molecule has 2 aliphatic rings. The van der Waals surface area contributed by atoms with Crippen molar-refractivity contribution in [2.24, 2.45) is 5.92 Å². The molecule has 0 radical (unpaired) electrons. The van der Waals surface area contributed by atoms with E-state index in [-0.39, 0.29) is 17.2 Å². The van der Waals surface area contributed by atoms with Gasteiger partial charge in [-0.15, -0.1) is 0 Å². The van der Waals surface area contributed by atoms with Crippen LogP contribution in [0, 0.1) is 12.8 Å². The molecule has 2 aliphatic heterocycles. The van der Waals surface area contributed by atoms with Crippen LogP contribution < -0.4 is 11.2 Å². The molecular formula is C28H26N2O4. The second kappa shape index (κ2) is 7.99. The fourth-order valence-corrected chi connectivity index (χ4v) is 5.90. The van der Waals surface area contributed by atoms with Gasteiger partial charge in [0, 0.05) is 49.2 Å². The first-order valence-corrected chi connectivity index (χ1v) is 11.8. The number of piperidine rings is 1. The number of phenols is 1. The van der Waals surface area contributed by atoms with Crippen molar-refractivity contribution in [2.75, 3.05) is 13.1 Å². The van der Waals surface area contributed by atoms with E-state index in [1.165, 1.54) is 0 Å². The van der Waals surface area contributed by atoms with Gasteiger partial charge in [-0.1, -0.05) is 36.4 Å². The molecule has 34 heavy (non-hydrogen) atoms. The Morgan fingerprint density at radius 1 is 0.971 bits per heavy atom. The smallest absolute Gasteiger partial charge is 0.344 e. The van der Waals surface area contributed by atoms with Crippen molar-refractivity contribution >= 4 is 11.0 Å². The van der Waals surface area contributed by atoms with Gasteiger partial charge in [0.25, 0.3) is 5.56 Å². The number of benzene rings is 2. The molecule has 0 unspecified atom stereocenters. The van der Waals surface area contributed by atoms with Gasteiger partial charge in [0.2, 0.25) is 0 Å². The third-order valence-corrected chi connectivity index (χ3v) is 7.41. The number of rotatable bonds is 3. The predicted octanol–water partition coefficient (Wildman–Crippen LogP) is 4.26. The molecule has 0 saturated carbocycles. The van der Waals surface area contributed by atoms with Crippen LogP contribution in [-0.2, 0) is 13.1 Å². The summed E-state index contributed by atoms with van der Waals surface area (Å²) in [5.74, 6) is 0.786. The molecule has 2 aromatic heterocycles. The summed E-state index contributed by atoms with van der Waals surface area (Å²) in [6, 6.07) is 18.6. The van der Waals surface area contributed by atoms with Crippen molar-refractivity contribution in [2.45, 2.75) is 32.4 Å². The van der Waals surface area contributed by atoms with Gasteiger partial charge in [-0.2, -0.15) is 0 Å². The Bertz CT molecular complexity index is 1520. The standard InChI is InChI=1S/C28H26N2O4/c1-17-21-10-11-24(31)22(27(21)34-28(33)26(17)19-6-3-2-4-7-19)16-29-13-18-12-20(15-29)23-8-5-9-25(32)30(23)14-18/h2-11,18,20,31H,12-16H2,1H3/t18-,20+/m1/s1. The molecule has 4 heterocycles. The molecule has 2 aromatic carbocycles. The predicted molar refractivity (Wildman–Crippen MR) is 131 cm³/mol. The summed E-state index contributed by atoms with van der Waals surface area (Å²) < 4.78 is 7.78. The quantitative estimate of drug-likeness (QED) is 0.468. The molecule has 1 N–H and O–H groups in total. The molecule has 0 aliphatic carbocycles. The Hall–Kier alpha value is -3.64. The van der Waals surface area contributed by atoms with Crippen LogP contribution in [0.3, 0.4) is 0 Å². The third kappa shape index (κ3) is 3.37. The van der Waals surface area contributed by atoms with E-state index < -0.39 is 5.63 Å². The Kier molecular flexibility index (Phi) is 4.92. The third-order valence-electron chi connectivity index (χ3n) is 7.41. The minimum atomic E-state index is -0.396. The van der Waals surface area contributed by atoms with Crippen LogP contribution in [0.25, 0.3) is 22.1 Å². The maximum absolute atomic E-state index is 13.0. The number of phenolic OH excluding ortho intramolecular Hbond substituents is 1. The van der Waals surface area contributed by atoms with Gasteiger partial charge in [-0.25, -0.2) is 4.79 Å². The normalized spacial score (nSPS) is 19.8. The SMILES string of the molecule is Cc1c(-c2ccccc2)c(=O)oc2c(CN3C[C@H]4C[C@@H](C3)c3cccc(=O)n3C4)c(O)ccc12. The molecular weight excluding hydrogens is 428 g/mol. The Morgan fingerprint density at radius 3 is 2.62 bits per heavy atom. The van der Waals surface area contributed by atoms with Crippen molar-refractivity contribution in [3.63, 3.8) is 0 Å². The fourth-order valence-electron chi connectivity index (χ4n) is 5.90. The number of fused-ring (bicyclic) bond motifs is 5. The summed E-state index contributed by atoms with van der Waals surface area (Å²) in [6.45, 7) is 4.76. The molecule has 1 fully saturated rings. The monoisotopic (exact) mass is 454 g/mol. The van der Waals surface area contributed by atoms with Gasteiger partial charge < -0.3 is 14.1 Å². The lowest BCUT2D eigenvalue weighted by atomic mass is 9.83. The van der Waals surface area contributed by atoms with Gasteiger partial charge in [0.1, 0.15) is 11.3 Å². The number of hydrogen-bond donors (Lipinski definition) is 1. The fraction of sp³-hybridized carbons (Fsp3) is 0.286. The minimum Gasteiger partial charge on any atom is -0.507 e. The second-order valence-corrected chi connectivity index (χ2v) is 9.59. The van der Waals surface area contributed by atoms with E-state index >= 15 is 0 Å². The lowest BCUT2D eigenvalue weighted by molar-refractivity contribution is 0.113. The molecule has 6 nitrogen and oxygen atoms in total. The van der Waals surface area contributed by atoms with Gasteiger partial charge in [0.05, 0.1) is 11.1 Å². The van der Waals surface area contributed by atoms with E-state index in [1.807, 2.05) is 54.0 Å². The molecule has 4 aromatic rings. The zero-order chi connectivity index (χ0) is 23.4. The summed E-state index contributed by atoms with van der Waals surface area (Å²) in [6.07, 6.45) is 1.07. The Morgan fingerprint density at radius 2 is 1.79 bits per heavy atom. The highest BCUT2D eigenvalue weighted by molar-refractivity contribution is 5.89. The van der Waals surface area contributed by atoms with Gasteiger partial charge in [-0.3, -0.25) is 9.69 Å². The van der Waals surface area contributed by atoms with Crippen molar-refractivity contribution in [3.05, 3.63) is 98.3 Å². The summed E-state index contributed by atoms with van der Waals surface area (Å²) in [5, 5.41) is 11.6. The van der Waals surface area contributed by atoms with E-state index in [4.69, 9.17) is 4.42 Å². The molecule has 172 valence electrons. The van der Waals surface area contributed by atoms with Crippen molar-refractivity contribution < 1.29 is 9.52 Å². The first-order chi connectivity index (χ1) is 16.5. The van der Waals surface area contributed by atoms with Crippen LogP contribution in [0.1, 0.15) is 29.2 Å². The number of aromatic nitrogens is 1. The second-order valence-electron chi connectivity index (χ2n) is 9.59. The zero-order valence-corrected chi connectivity index (χ0v) is 19.0. The topological polar surface area (TPSA) is 75.7 Å². The first-order valence-electron chi connectivity index (χ1n) is 11.8. The van der Waals surface area contributed by atoms with Crippen LogP contribution in [0.15, 0.2) is 74.7 Å². The number of likely N-dealkylation sites (tertiary alicyclic amines) is 1. The van der Waals surface area contributed by atoms with Gasteiger partial charge >= 0.3 is 5.63 Å². The maximum Gasteiger partial charge on any atom is 0.344 e. The van der Waals surface area contributed by atoms with E-state index in [1.54, 1.807) is 12.1 Å². The highest BCUT2D eigenvalue weighted by atomic mass is 16.4. The van der Waals surface area contributed by atoms with Crippen LogP contribution in [0.5, 0.6) is 5.75 Å². The van der Waals surface area contributed by atoms with Crippen LogP contribution in [0.4, 0.5) is 0 Å².